The molecule has 0 bridgehead atoms. The Morgan fingerprint density at radius 2 is 2.36 bits per heavy atom. The zero-order chi connectivity index (χ0) is 9.97. The summed E-state index contributed by atoms with van der Waals surface area (Å²) in [5.74, 6) is 0.134. The van der Waals surface area contributed by atoms with Gasteiger partial charge in [-0.3, -0.25) is 10.1 Å². The van der Waals surface area contributed by atoms with Crippen LogP contribution in [0.25, 0.3) is 0 Å². The molecule has 0 aromatic carbocycles. The number of rotatable bonds is 2. The van der Waals surface area contributed by atoms with E-state index in [9.17, 15) is 4.79 Å². The molecular weight excluding hydrogens is 186 g/mol. The lowest BCUT2D eigenvalue weighted by atomic mass is 10.4. The summed E-state index contributed by atoms with van der Waals surface area (Å²) in [5.41, 5.74) is 5.31. The van der Waals surface area contributed by atoms with Crippen LogP contribution in [-0.2, 0) is 0 Å². The number of aromatic nitrogens is 1. The van der Waals surface area contributed by atoms with E-state index in [1.165, 1.54) is 24.7 Å². The average Bonchev–Trinajstić information content (AvgIpc) is 2.75. The molecule has 0 fully saturated rings. The maximum atomic E-state index is 11.4. The van der Waals surface area contributed by atoms with Gasteiger partial charge in [0.25, 0.3) is 5.91 Å². The average molecular weight is 193 g/mol. The Hall–Kier alpha value is -2.24. The largest absolute Gasteiger partial charge is 0.436 e. The number of anilines is 2. The molecule has 14 heavy (non-hydrogen) atoms. The first kappa shape index (κ1) is 8.36. The highest BCUT2D eigenvalue weighted by Crippen LogP contribution is 2.12. The second-order valence-corrected chi connectivity index (χ2v) is 2.52. The molecule has 2 heterocycles. The molecule has 0 saturated carbocycles. The molecule has 6 nitrogen and oxygen atoms in total. The fourth-order valence-corrected chi connectivity index (χ4v) is 0.926. The standard InChI is InChI=1S/C8H7N3O3/c9-6-2-1-5(14-6)8(12)11-7-3-10-4-13-7/h1-4H,9H2,(H,11,12). The van der Waals surface area contributed by atoms with Crippen molar-refractivity contribution in [1.82, 2.24) is 4.98 Å². The molecule has 2 rings (SSSR count). The number of nitrogen functional groups attached to an aromatic ring is 1. The van der Waals surface area contributed by atoms with Gasteiger partial charge in [0, 0.05) is 6.07 Å². The Balaban J connectivity index is 2.10. The highest BCUT2D eigenvalue weighted by Gasteiger charge is 2.11. The summed E-state index contributed by atoms with van der Waals surface area (Å²) in [6, 6.07) is 2.97. The Bertz CT molecular complexity index is 432. The van der Waals surface area contributed by atoms with E-state index in [2.05, 4.69) is 10.3 Å². The first-order valence-electron chi connectivity index (χ1n) is 3.81. The number of oxazole rings is 1. The molecule has 3 N–H and O–H groups in total. The van der Waals surface area contributed by atoms with E-state index in [1.54, 1.807) is 0 Å². The topological polar surface area (TPSA) is 94.3 Å². The molecule has 0 atom stereocenters. The number of nitrogens with zero attached hydrogens (tertiary/aromatic N) is 1. The first-order chi connectivity index (χ1) is 6.75. The van der Waals surface area contributed by atoms with Gasteiger partial charge >= 0.3 is 0 Å². The molecule has 0 aliphatic carbocycles. The minimum absolute atomic E-state index is 0.124. The van der Waals surface area contributed by atoms with E-state index < -0.39 is 5.91 Å². The van der Waals surface area contributed by atoms with Gasteiger partial charge in [-0.15, -0.1) is 0 Å². The fourth-order valence-electron chi connectivity index (χ4n) is 0.926. The van der Waals surface area contributed by atoms with Crippen LogP contribution in [0.15, 0.2) is 33.6 Å². The van der Waals surface area contributed by atoms with E-state index >= 15 is 0 Å². The van der Waals surface area contributed by atoms with E-state index in [4.69, 9.17) is 14.6 Å². The summed E-state index contributed by atoms with van der Waals surface area (Å²) in [6.45, 7) is 0. The zero-order valence-corrected chi connectivity index (χ0v) is 7.06. The molecule has 0 saturated heterocycles. The lowest BCUT2D eigenvalue weighted by Gasteiger charge is -1.96. The summed E-state index contributed by atoms with van der Waals surface area (Å²) in [6.07, 6.45) is 2.59. The summed E-state index contributed by atoms with van der Waals surface area (Å²) >= 11 is 0. The van der Waals surface area contributed by atoms with E-state index in [1.807, 2.05) is 0 Å². The quantitative estimate of drug-likeness (QED) is 0.744. The van der Waals surface area contributed by atoms with Crippen LogP contribution < -0.4 is 11.1 Å². The van der Waals surface area contributed by atoms with Gasteiger partial charge in [0.2, 0.25) is 5.88 Å². The number of hydrogen-bond acceptors (Lipinski definition) is 5. The van der Waals surface area contributed by atoms with Crippen LogP contribution in [0, 0.1) is 0 Å². The van der Waals surface area contributed by atoms with Gasteiger partial charge in [-0.2, -0.15) is 0 Å². The molecule has 0 spiro atoms. The lowest BCUT2D eigenvalue weighted by Crippen LogP contribution is -2.10. The molecule has 0 radical (unpaired) electrons. The molecule has 2 aromatic rings. The monoisotopic (exact) mass is 193 g/mol. The normalized spacial score (nSPS) is 10.0. The number of amides is 1. The molecule has 1 amide bonds. The molecular formula is C8H7N3O3. The predicted octanol–water partition coefficient (Wildman–Crippen LogP) is 1.10. The third-order valence-electron chi connectivity index (χ3n) is 1.52. The molecule has 0 unspecified atom stereocenters. The summed E-state index contributed by atoms with van der Waals surface area (Å²) in [5, 5.41) is 2.43. The predicted molar refractivity (Wildman–Crippen MR) is 47.6 cm³/mol. The highest BCUT2D eigenvalue weighted by atomic mass is 16.4. The van der Waals surface area contributed by atoms with E-state index in [0.29, 0.717) is 0 Å². The van der Waals surface area contributed by atoms with Crippen molar-refractivity contribution < 1.29 is 13.6 Å². The van der Waals surface area contributed by atoms with Crippen LogP contribution in [0.1, 0.15) is 10.6 Å². The Morgan fingerprint density at radius 3 is 2.93 bits per heavy atom. The van der Waals surface area contributed by atoms with Crippen molar-refractivity contribution in [2.45, 2.75) is 0 Å². The Labute approximate surface area is 78.7 Å². The Kier molecular flexibility index (Phi) is 1.94. The van der Waals surface area contributed by atoms with E-state index in [0.717, 1.165) is 0 Å². The third-order valence-corrected chi connectivity index (χ3v) is 1.52. The second-order valence-electron chi connectivity index (χ2n) is 2.52. The van der Waals surface area contributed by atoms with Crippen LogP contribution in [0.4, 0.5) is 11.8 Å². The van der Waals surface area contributed by atoms with Gasteiger partial charge in [-0.1, -0.05) is 0 Å². The van der Waals surface area contributed by atoms with Crippen molar-refractivity contribution in [1.29, 1.82) is 0 Å². The van der Waals surface area contributed by atoms with Gasteiger partial charge in [0.05, 0.1) is 6.20 Å². The summed E-state index contributed by atoms with van der Waals surface area (Å²) in [7, 11) is 0. The van der Waals surface area contributed by atoms with Crippen molar-refractivity contribution in [2.75, 3.05) is 11.1 Å². The van der Waals surface area contributed by atoms with Crippen LogP contribution >= 0.6 is 0 Å². The number of furan rings is 1. The minimum atomic E-state index is -0.432. The molecule has 2 aromatic heterocycles. The van der Waals surface area contributed by atoms with Crippen LogP contribution in [-0.4, -0.2) is 10.9 Å². The van der Waals surface area contributed by atoms with E-state index in [-0.39, 0.29) is 17.5 Å². The number of hydrogen-bond donors (Lipinski definition) is 2. The van der Waals surface area contributed by atoms with Crippen molar-refractivity contribution >= 4 is 17.7 Å². The number of nitrogens with two attached hydrogens (primary N) is 1. The number of carbonyl (C=O) groups excluding carboxylic acids is 1. The van der Waals surface area contributed by atoms with Crippen LogP contribution in [0.2, 0.25) is 0 Å². The SMILES string of the molecule is Nc1ccc(C(=O)Nc2cnco2)o1. The maximum absolute atomic E-state index is 11.4. The third kappa shape index (κ3) is 1.58. The van der Waals surface area contributed by atoms with Gasteiger partial charge < -0.3 is 14.6 Å². The highest BCUT2D eigenvalue weighted by molar-refractivity contribution is 6.01. The van der Waals surface area contributed by atoms with Crippen LogP contribution in [0.3, 0.4) is 0 Å². The Morgan fingerprint density at radius 1 is 1.50 bits per heavy atom. The first-order valence-corrected chi connectivity index (χ1v) is 3.81. The van der Waals surface area contributed by atoms with Crippen molar-refractivity contribution in [3.05, 3.63) is 30.5 Å². The van der Waals surface area contributed by atoms with Crippen molar-refractivity contribution in [2.24, 2.45) is 0 Å². The molecule has 6 heteroatoms. The van der Waals surface area contributed by atoms with Gasteiger partial charge in [-0.25, -0.2) is 4.98 Å². The number of nitrogens with one attached hydrogen (secondary N) is 1. The lowest BCUT2D eigenvalue weighted by molar-refractivity contribution is 0.0995. The summed E-state index contributed by atoms with van der Waals surface area (Å²) < 4.78 is 9.71. The van der Waals surface area contributed by atoms with Gasteiger partial charge in [0.1, 0.15) is 0 Å². The fraction of sp³-hybridized carbons (Fsp3) is 0. The van der Waals surface area contributed by atoms with Crippen molar-refractivity contribution in [3.63, 3.8) is 0 Å². The molecule has 0 aliphatic heterocycles. The molecule has 0 aliphatic rings. The van der Waals surface area contributed by atoms with Gasteiger partial charge in [0.15, 0.2) is 18.0 Å². The smallest absolute Gasteiger partial charge is 0.293 e. The minimum Gasteiger partial charge on any atom is -0.436 e. The summed E-state index contributed by atoms with van der Waals surface area (Å²) in [4.78, 5) is 15.0. The van der Waals surface area contributed by atoms with Gasteiger partial charge in [-0.05, 0) is 6.07 Å². The maximum Gasteiger partial charge on any atom is 0.293 e. The van der Waals surface area contributed by atoms with Crippen LogP contribution in [0.5, 0.6) is 0 Å². The van der Waals surface area contributed by atoms with Crippen molar-refractivity contribution in [3.8, 4) is 0 Å². The number of carbonyl (C=O) groups is 1. The zero-order valence-electron chi connectivity index (χ0n) is 7.06. The second kappa shape index (κ2) is 3.25. The molecule has 72 valence electrons.